The summed E-state index contributed by atoms with van der Waals surface area (Å²) in [4.78, 5) is 0. The zero-order chi connectivity index (χ0) is 9.73. The molecule has 1 aromatic rings. The molecule has 0 aliphatic rings. The molecule has 80 valence electrons. The van der Waals surface area contributed by atoms with Crippen molar-refractivity contribution in [2.24, 2.45) is 0 Å². The molecule has 0 radical (unpaired) electrons. The van der Waals surface area contributed by atoms with Crippen LogP contribution in [0.4, 0.5) is 0 Å². The molecule has 1 rings (SSSR count). The second kappa shape index (κ2) is 6.33. The SMILES string of the molecule is CC(C)(S)CNCc1ccccc1.Cl. The van der Waals surface area contributed by atoms with Crippen LogP contribution in [0, 0.1) is 0 Å². The van der Waals surface area contributed by atoms with E-state index in [1.165, 1.54) is 5.56 Å². The van der Waals surface area contributed by atoms with E-state index in [9.17, 15) is 0 Å². The van der Waals surface area contributed by atoms with E-state index >= 15 is 0 Å². The molecule has 0 bridgehead atoms. The Morgan fingerprint density at radius 1 is 1.21 bits per heavy atom. The van der Waals surface area contributed by atoms with Crippen LogP contribution in [-0.2, 0) is 6.54 Å². The van der Waals surface area contributed by atoms with E-state index in [1.807, 2.05) is 6.07 Å². The van der Waals surface area contributed by atoms with Crippen LogP contribution in [0.5, 0.6) is 0 Å². The summed E-state index contributed by atoms with van der Waals surface area (Å²) in [6.45, 7) is 6.05. The Balaban J connectivity index is 0.00000169. The first-order valence-electron chi connectivity index (χ1n) is 4.55. The molecule has 3 heteroatoms. The maximum atomic E-state index is 4.44. The lowest BCUT2D eigenvalue weighted by Gasteiger charge is -2.17. The Bertz CT molecular complexity index is 243. The molecule has 0 atom stereocenters. The molecule has 0 saturated heterocycles. The van der Waals surface area contributed by atoms with E-state index in [4.69, 9.17) is 0 Å². The zero-order valence-corrected chi connectivity index (χ0v) is 10.4. The molecule has 0 aliphatic heterocycles. The van der Waals surface area contributed by atoms with Gasteiger partial charge in [0.1, 0.15) is 0 Å². The number of thiol groups is 1. The number of benzene rings is 1. The second-order valence-corrected chi connectivity index (χ2v) is 5.11. The van der Waals surface area contributed by atoms with Gasteiger partial charge >= 0.3 is 0 Å². The summed E-state index contributed by atoms with van der Waals surface area (Å²) < 4.78 is 0.0643. The fourth-order valence-corrected chi connectivity index (χ4v) is 1.22. The number of rotatable bonds is 4. The zero-order valence-electron chi connectivity index (χ0n) is 8.66. The molecule has 0 amide bonds. The average molecular weight is 232 g/mol. The van der Waals surface area contributed by atoms with Gasteiger partial charge in [-0.15, -0.1) is 12.4 Å². The van der Waals surface area contributed by atoms with Crippen molar-refractivity contribution >= 4 is 25.0 Å². The fraction of sp³-hybridized carbons (Fsp3) is 0.455. The first kappa shape index (κ1) is 13.8. The number of halogens is 1. The standard InChI is InChI=1S/C11H17NS.ClH/c1-11(2,13)9-12-8-10-6-4-3-5-7-10;/h3-7,12-13H,8-9H2,1-2H3;1H. The van der Waals surface area contributed by atoms with Crippen LogP contribution in [0.1, 0.15) is 19.4 Å². The fourth-order valence-electron chi connectivity index (χ4n) is 1.11. The van der Waals surface area contributed by atoms with Crippen molar-refractivity contribution in [2.75, 3.05) is 6.54 Å². The van der Waals surface area contributed by atoms with Crippen molar-refractivity contribution in [1.82, 2.24) is 5.32 Å². The highest BCUT2D eigenvalue weighted by Crippen LogP contribution is 2.09. The molecule has 0 aliphatic carbocycles. The van der Waals surface area contributed by atoms with Gasteiger partial charge in [-0.1, -0.05) is 30.3 Å². The molecule has 0 unspecified atom stereocenters. The minimum absolute atomic E-state index is 0. The minimum Gasteiger partial charge on any atom is -0.311 e. The Hall–Kier alpha value is -0.180. The van der Waals surface area contributed by atoms with Crippen LogP contribution in [0.2, 0.25) is 0 Å². The molecule has 0 heterocycles. The molecular formula is C11H18ClNS. The summed E-state index contributed by atoms with van der Waals surface area (Å²) in [5, 5.41) is 3.37. The molecule has 14 heavy (non-hydrogen) atoms. The molecule has 0 fully saturated rings. The summed E-state index contributed by atoms with van der Waals surface area (Å²) in [5.74, 6) is 0. The minimum atomic E-state index is 0. The number of hydrogen-bond acceptors (Lipinski definition) is 2. The van der Waals surface area contributed by atoms with Gasteiger partial charge < -0.3 is 5.32 Å². The molecule has 1 aromatic carbocycles. The van der Waals surface area contributed by atoms with Gasteiger partial charge in [0, 0.05) is 17.8 Å². The Morgan fingerprint density at radius 3 is 2.29 bits per heavy atom. The highest BCUT2D eigenvalue weighted by molar-refractivity contribution is 7.81. The topological polar surface area (TPSA) is 12.0 Å². The van der Waals surface area contributed by atoms with Crippen molar-refractivity contribution in [2.45, 2.75) is 25.1 Å². The van der Waals surface area contributed by atoms with E-state index in [1.54, 1.807) is 0 Å². The van der Waals surface area contributed by atoms with Gasteiger partial charge in [0.05, 0.1) is 0 Å². The molecule has 0 saturated carbocycles. The Morgan fingerprint density at radius 2 is 1.79 bits per heavy atom. The van der Waals surface area contributed by atoms with E-state index in [0.29, 0.717) is 0 Å². The summed E-state index contributed by atoms with van der Waals surface area (Å²) >= 11 is 4.44. The summed E-state index contributed by atoms with van der Waals surface area (Å²) in [5.41, 5.74) is 1.32. The van der Waals surface area contributed by atoms with Crippen LogP contribution >= 0.6 is 25.0 Å². The largest absolute Gasteiger partial charge is 0.311 e. The van der Waals surface area contributed by atoms with Crippen LogP contribution in [0.25, 0.3) is 0 Å². The van der Waals surface area contributed by atoms with Crippen molar-refractivity contribution < 1.29 is 0 Å². The predicted octanol–water partition coefficient (Wildman–Crippen LogP) is 2.91. The lowest BCUT2D eigenvalue weighted by Crippen LogP contribution is -2.29. The maximum absolute atomic E-state index is 4.44. The number of hydrogen-bond donors (Lipinski definition) is 2. The van der Waals surface area contributed by atoms with Crippen LogP contribution in [0.3, 0.4) is 0 Å². The van der Waals surface area contributed by atoms with Crippen molar-refractivity contribution in [3.8, 4) is 0 Å². The van der Waals surface area contributed by atoms with Crippen molar-refractivity contribution in [1.29, 1.82) is 0 Å². The normalized spacial score (nSPS) is 10.8. The average Bonchev–Trinajstić information content (AvgIpc) is 2.04. The Labute approximate surface area is 98.1 Å². The molecule has 0 aromatic heterocycles. The quantitative estimate of drug-likeness (QED) is 0.760. The highest BCUT2D eigenvalue weighted by Gasteiger charge is 2.09. The van der Waals surface area contributed by atoms with Gasteiger partial charge in [-0.2, -0.15) is 12.6 Å². The molecular weight excluding hydrogens is 214 g/mol. The number of nitrogens with one attached hydrogen (secondary N) is 1. The summed E-state index contributed by atoms with van der Waals surface area (Å²) in [6, 6.07) is 10.4. The predicted molar refractivity (Wildman–Crippen MR) is 68.5 cm³/mol. The third-order valence-electron chi connectivity index (χ3n) is 1.73. The van der Waals surface area contributed by atoms with Gasteiger partial charge in [-0.25, -0.2) is 0 Å². The first-order valence-corrected chi connectivity index (χ1v) is 5.00. The van der Waals surface area contributed by atoms with Gasteiger partial charge in [0.25, 0.3) is 0 Å². The van der Waals surface area contributed by atoms with Crippen LogP contribution in [0.15, 0.2) is 30.3 Å². The van der Waals surface area contributed by atoms with Gasteiger partial charge in [0.15, 0.2) is 0 Å². The molecule has 1 nitrogen and oxygen atoms in total. The maximum Gasteiger partial charge on any atom is 0.0206 e. The molecule has 1 N–H and O–H groups in total. The van der Waals surface area contributed by atoms with Gasteiger partial charge in [0.2, 0.25) is 0 Å². The second-order valence-electron chi connectivity index (χ2n) is 3.90. The van der Waals surface area contributed by atoms with Gasteiger partial charge in [-0.3, -0.25) is 0 Å². The lowest BCUT2D eigenvalue weighted by molar-refractivity contribution is 0.593. The first-order chi connectivity index (χ1) is 6.08. The lowest BCUT2D eigenvalue weighted by atomic mass is 10.2. The van der Waals surface area contributed by atoms with Crippen molar-refractivity contribution in [3.63, 3.8) is 0 Å². The van der Waals surface area contributed by atoms with Crippen LogP contribution < -0.4 is 5.32 Å². The van der Waals surface area contributed by atoms with Crippen LogP contribution in [-0.4, -0.2) is 11.3 Å². The molecule has 0 spiro atoms. The van der Waals surface area contributed by atoms with E-state index < -0.39 is 0 Å². The third-order valence-corrected chi connectivity index (χ3v) is 1.89. The summed E-state index contributed by atoms with van der Waals surface area (Å²) in [7, 11) is 0. The monoisotopic (exact) mass is 231 g/mol. The van der Waals surface area contributed by atoms with Crippen molar-refractivity contribution in [3.05, 3.63) is 35.9 Å². The summed E-state index contributed by atoms with van der Waals surface area (Å²) in [6.07, 6.45) is 0. The third kappa shape index (κ3) is 6.30. The van der Waals surface area contributed by atoms with Gasteiger partial charge in [-0.05, 0) is 19.4 Å². The van der Waals surface area contributed by atoms with E-state index in [0.717, 1.165) is 13.1 Å². The van der Waals surface area contributed by atoms with E-state index in [-0.39, 0.29) is 17.2 Å². The Kier molecular flexibility index (Phi) is 6.25. The smallest absolute Gasteiger partial charge is 0.0206 e. The van der Waals surface area contributed by atoms with E-state index in [2.05, 4.69) is 56.1 Å². The highest BCUT2D eigenvalue weighted by atomic mass is 35.5.